The van der Waals surface area contributed by atoms with Crippen molar-refractivity contribution in [2.24, 2.45) is 0 Å². The maximum Gasteiger partial charge on any atom is -1.00 e. The van der Waals surface area contributed by atoms with Crippen LogP contribution in [-0.2, 0) is 22.9 Å². The summed E-state index contributed by atoms with van der Waals surface area (Å²) in [6, 6.07) is 0. The smallest absolute Gasteiger partial charge is 1.00 e. The Morgan fingerprint density at radius 3 is 1.48 bits per heavy atom. The van der Waals surface area contributed by atoms with Gasteiger partial charge in [0.2, 0.25) is 0 Å². The van der Waals surface area contributed by atoms with Crippen LogP contribution in [0.1, 0.15) is 91.9 Å². The number of rotatable bonds is 10. The summed E-state index contributed by atoms with van der Waals surface area (Å²) in [5, 5.41) is 0. The van der Waals surface area contributed by atoms with Crippen LogP contribution in [0.5, 0.6) is 0 Å². The zero-order valence-electron chi connectivity index (χ0n) is 16.5. The monoisotopic (exact) mass is 548 g/mol. The maximum absolute atomic E-state index is 2.55. The van der Waals surface area contributed by atoms with E-state index in [9.17, 15) is 0 Å². The van der Waals surface area contributed by atoms with Crippen LogP contribution in [0, 0.1) is 0 Å². The fraction of sp³-hybridized carbons (Fsp3) is 0.636. The van der Waals surface area contributed by atoms with Crippen molar-refractivity contribution in [2.45, 2.75) is 91.9 Å². The fourth-order valence-electron chi connectivity index (χ4n) is 3.59. The Bertz CT molecular complexity index is 490. The summed E-state index contributed by atoms with van der Waals surface area (Å²) in [6.07, 6.45) is 18.5. The van der Waals surface area contributed by atoms with Crippen LogP contribution < -0.4 is 24.8 Å². The van der Waals surface area contributed by atoms with Gasteiger partial charge in [-0.05, 0) is 0 Å². The topological polar surface area (TPSA) is 0 Å². The molecule has 0 fully saturated rings. The van der Waals surface area contributed by atoms with Crippen molar-refractivity contribution in [1.29, 1.82) is 0 Å². The van der Waals surface area contributed by atoms with E-state index in [-0.39, 0.29) is 24.8 Å². The SMILES string of the molecule is CCCCCC1=CCC(C)=[C]1[Hf+2][C]1=C(C)CC=C1CCCCC.[Cl-].[Cl-]. The average molecular weight is 548 g/mol. The van der Waals surface area contributed by atoms with E-state index in [0.29, 0.717) is 0 Å². The average Bonchev–Trinajstić information content (AvgIpc) is 3.06. The first-order valence-corrected chi connectivity index (χ1v) is 13.3. The second-order valence-corrected chi connectivity index (χ2v) is 11.7. The van der Waals surface area contributed by atoms with Crippen molar-refractivity contribution in [1.82, 2.24) is 0 Å². The number of hydrogen-bond donors (Lipinski definition) is 0. The first-order valence-electron chi connectivity index (χ1n) is 9.72. The molecule has 0 unspecified atom stereocenters. The molecule has 0 bridgehead atoms. The van der Waals surface area contributed by atoms with Gasteiger partial charge in [0.05, 0.1) is 0 Å². The van der Waals surface area contributed by atoms with Gasteiger partial charge in [-0.2, -0.15) is 0 Å². The standard InChI is InChI=1S/2C11H17.2ClH.Hf/c2*1-3-4-5-6-11-8-7-10(2)9-11;;;/h2*8H,3-7H2,1-2H3;2*1H;/q;;;;+2/p-2. The van der Waals surface area contributed by atoms with E-state index in [1.54, 1.807) is 22.3 Å². The third-order valence-corrected chi connectivity index (χ3v) is 12.3. The number of allylic oxidation sites excluding steroid dienone is 8. The number of unbranched alkanes of at least 4 members (excludes halogenated alkanes) is 4. The van der Waals surface area contributed by atoms with Crippen molar-refractivity contribution >= 4 is 0 Å². The Balaban J connectivity index is 0.00000288. The maximum atomic E-state index is 2.55. The Kier molecular flexibility index (Phi) is 13.8. The van der Waals surface area contributed by atoms with E-state index in [0.717, 1.165) is 0 Å². The van der Waals surface area contributed by atoms with Crippen molar-refractivity contribution in [3.63, 3.8) is 0 Å². The van der Waals surface area contributed by atoms with Gasteiger partial charge in [0.15, 0.2) is 0 Å². The van der Waals surface area contributed by atoms with Gasteiger partial charge in [0.25, 0.3) is 0 Å². The van der Waals surface area contributed by atoms with Gasteiger partial charge < -0.3 is 24.8 Å². The third kappa shape index (κ3) is 7.51. The molecule has 0 spiro atoms. The molecule has 0 aromatic heterocycles. The molecule has 0 radical (unpaired) electrons. The van der Waals surface area contributed by atoms with Gasteiger partial charge in [-0.1, -0.05) is 0 Å². The van der Waals surface area contributed by atoms with Gasteiger partial charge >= 0.3 is 156 Å². The molecule has 0 atom stereocenters. The largest absolute Gasteiger partial charge is 1.00 e. The van der Waals surface area contributed by atoms with Crippen LogP contribution in [0.25, 0.3) is 0 Å². The summed E-state index contributed by atoms with van der Waals surface area (Å²) in [4.78, 5) is 0. The minimum Gasteiger partial charge on any atom is -1.00 e. The minimum absolute atomic E-state index is 0. The summed E-state index contributed by atoms with van der Waals surface area (Å²) in [5.74, 6) is 0. The van der Waals surface area contributed by atoms with Crippen LogP contribution in [0.2, 0.25) is 0 Å². The Hall–Kier alpha value is 0.410. The van der Waals surface area contributed by atoms with E-state index in [2.05, 4.69) is 39.8 Å². The van der Waals surface area contributed by atoms with Crippen molar-refractivity contribution < 1.29 is 47.7 Å². The normalized spacial score (nSPS) is 16.3. The van der Waals surface area contributed by atoms with Crippen LogP contribution in [0.15, 0.2) is 41.1 Å². The van der Waals surface area contributed by atoms with Gasteiger partial charge in [0, 0.05) is 0 Å². The van der Waals surface area contributed by atoms with Crippen LogP contribution in [0.3, 0.4) is 0 Å². The summed E-state index contributed by atoms with van der Waals surface area (Å²) in [7, 11) is 0. The van der Waals surface area contributed by atoms with Crippen molar-refractivity contribution in [3.8, 4) is 0 Å². The van der Waals surface area contributed by atoms with Gasteiger partial charge in [-0.15, -0.1) is 0 Å². The molecule has 0 aliphatic heterocycles. The second-order valence-electron chi connectivity index (χ2n) is 7.22. The molecular formula is C22H34Cl2Hf. The van der Waals surface area contributed by atoms with Crippen LogP contribution >= 0.6 is 0 Å². The Morgan fingerprint density at radius 1 is 0.720 bits per heavy atom. The number of hydrogen-bond acceptors (Lipinski definition) is 0. The van der Waals surface area contributed by atoms with Gasteiger partial charge in [-0.3, -0.25) is 0 Å². The fourth-order valence-corrected chi connectivity index (χ4v) is 9.54. The molecular weight excluding hydrogens is 514 g/mol. The Labute approximate surface area is 179 Å². The van der Waals surface area contributed by atoms with E-state index in [1.165, 1.54) is 64.2 Å². The zero-order valence-corrected chi connectivity index (χ0v) is 21.6. The van der Waals surface area contributed by atoms with Gasteiger partial charge in [-0.25, -0.2) is 0 Å². The minimum atomic E-state index is -0.861. The second kappa shape index (κ2) is 13.6. The van der Waals surface area contributed by atoms with Crippen molar-refractivity contribution in [2.75, 3.05) is 0 Å². The molecule has 2 aliphatic rings. The predicted molar refractivity (Wildman–Crippen MR) is 99.1 cm³/mol. The molecule has 0 aromatic carbocycles. The predicted octanol–water partition coefficient (Wildman–Crippen LogP) is 1.45. The van der Waals surface area contributed by atoms with Crippen LogP contribution in [-0.4, -0.2) is 0 Å². The van der Waals surface area contributed by atoms with E-state index in [1.807, 2.05) is 6.66 Å². The van der Waals surface area contributed by atoms with Gasteiger partial charge in [0.1, 0.15) is 0 Å². The van der Waals surface area contributed by atoms with E-state index in [4.69, 9.17) is 0 Å². The summed E-state index contributed by atoms with van der Waals surface area (Å²) in [6.45, 7) is 9.42. The van der Waals surface area contributed by atoms with Crippen LogP contribution in [0.4, 0.5) is 0 Å². The molecule has 0 saturated carbocycles. The van der Waals surface area contributed by atoms with Crippen molar-refractivity contribution in [3.05, 3.63) is 41.1 Å². The molecule has 0 amide bonds. The molecule has 0 aromatic rings. The molecule has 0 nitrogen and oxygen atoms in total. The molecule has 0 N–H and O–H groups in total. The first kappa shape index (κ1) is 25.4. The molecule has 0 heterocycles. The molecule has 2 rings (SSSR count). The summed E-state index contributed by atoms with van der Waals surface area (Å²) in [5.41, 5.74) is 6.92. The number of halogens is 2. The Morgan fingerprint density at radius 2 is 1.12 bits per heavy atom. The summed E-state index contributed by atoms with van der Waals surface area (Å²) < 4.78 is 3.75. The summed E-state index contributed by atoms with van der Waals surface area (Å²) >= 11 is -0.861. The molecule has 0 saturated heterocycles. The van der Waals surface area contributed by atoms with E-state index >= 15 is 0 Å². The third-order valence-electron chi connectivity index (χ3n) is 5.15. The quantitative estimate of drug-likeness (QED) is 0.287. The molecule has 3 heteroatoms. The first-order chi connectivity index (χ1) is 11.2. The molecule has 140 valence electrons. The molecule has 2 aliphatic carbocycles. The zero-order chi connectivity index (χ0) is 16.7. The molecule has 25 heavy (non-hydrogen) atoms. The van der Waals surface area contributed by atoms with E-state index < -0.39 is 22.9 Å².